The van der Waals surface area contributed by atoms with Gasteiger partial charge in [0.15, 0.2) is 12.2 Å². The van der Waals surface area contributed by atoms with Gasteiger partial charge in [-0.15, -0.1) is 0 Å². The number of carbonyl (C=O) groups is 4. The first-order valence-electron chi connectivity index (χ1n) is 38.3. The van der Waals surface area contributed by atoms with Crippen LogP contribution < -0.4 is 0 Å². The molecular weight excluding hydrogens is 1220 g/mol. The van der Waals surface area contributed by atoms with Crippen LogP contribution in [-0.2, 0) is 65.4 Å². The third-order valence-electron chi connectivity index (χ3n) is 17.8. The number of ether oxygens (including phenoxy) is 4. The Bertz CT molecular complexity index is 1840. The first-order chi connectivity index (χ1) is 44.7. The molecule has 0 saturated heterocycles. The van der Waals surface area contributed by atoms with Gasteiger partial charge in [0.2, 0.25) is 0 Å². The smallest absolute Gasteiger partial charge is 0.462 e. The summed E-state index contributed by atoms with van der Waals surface area (Å²) in [6, 6.07) is 0. The van der Waals surface area contributed by atoms with E-state index in [1.807, 2.05) is 0 Å². The van der Waals surface area contributed by atoms with Crippen LogP contribution in [0.4, 0.5) is 0 Å². The van der Waals surface area contributed by atoms with Crippen molar-refractivity contribution in [3.05, 3.63) is 0 Å². The highest BCUT2D eigenvalue weighted by Gasteiger charge is 2.30. The van der Waals surface area contributed by atoms with Crippen molar-refractivity contribution in [1.82, 2.24) is 0 Å². The number of aliphatic hydroxyl groups excluding tert-OH is 1. The summed E-state index contributed by atoms with van der Waals surface area (Å²) in [5.41, 5.74) is 0. The summed E-state index contributed by atoms with van der Waals surface area (Å²) < 4.78 is 68.4. The third-order valence-corrected chi connectivity index (χ3v) is 19.7. The maximum Gasteiger partial charge on any atom is 0.472 e. The van der Waals surface area contributed by atoms with E-state index in [4.69, 9.17) is 37.0 Å². The minimum atomic E-state index is -4.96. The molecule has 93 heavy (non-hydrogen) atoms. The zero-order valence-electron chi connectivity index (χ0n) is 60.9. The lowest BCUT2D eigenvalue weighted by Gasteiger charge is -2.21. The Balaban J connectivity index is 5.24. The van der Waals surface area contributed by atoms with Gasteiger partial charge < -0.3 is 33.8 Å². The van der Waals surface area contributed by atoms with Crippen molar-refractivity contribution in [1.29, 1.82) is 0 Å². The molecule has 19 heteroatoms. The average Bonchev–Trinajstić information content (AvgIpc) is 3.28. The summed E-state index contributed by atoms with van der Waals surface area (Å²) >= 11 is 0. The van der Waals surface area contributed by atoms with Gasteiger partial charge in [-0.05, 0) is 49.4 Å². The molecule has 0 spiro atoms. The maximum atomic E-state index is 13.0. The molecule has 17 nitrogen and oxygen atoms in total. The highest BCUT2D eigenvalue weighted by molar-refractivity contribution is 7.47. The molecule has 0 aromatic carbocycles. The van der Waals surface area contributed by atoms with Crippen LogP contribution in [0.3, 0.4) is 0 Å². The topological polar surface area (TPSA) is 237 Å². The number of phosphoric ester groups is 2. The van der Waals surface area contributed by atoms with Crippen molar-refractivity contribution in [2.75, 3.05) is 39.6 Å². The molecule has 7 atom stereocenters. The Hall–Kier alpha value is -1.94. The van der Waals surface area contributed by atoms with E-state index >= 15 is 0 Å². The van der Waals surface area contributed by atoms with Crippen molar-refractivity contribution in [3.63, 3.8) is 0 Å². The molecule has 0 fully saturated rings. The summed E-state index contributed by atoms with van der Waals surface area (Å²) in [4.78, 5) is 72.7. The summed E-state index contributed by atoms with van der Waals surface area (Å²) in [6.45, 7) is 14.2. The van der Waals surface area contributed by atoms with Crippen molar-refractivity contribution in [2.24, 2.45) is 23.7 Å². The maximum absolute atomic E-state index is 13.0. The second kappa shape index (κ2) is 63.5. The molecule has 0 radical (unpaired) electrons. The minimum absolute atomic E-state index is 0.105. The van der Waals surface area contributed by atoms with Gasteiger partial charge in [-0.3, -0.25) is 37.3 Å². The van der Waals surface area contributed by atoms with Gasteiger partial charge in [0, 0.05) is 25.7 Å². The van der Waals surface area contributed by atoms with Crippen LogP contribution in [0.5, 0.6) is 0 Å². The molecule has 0 aliphatic carbocycles. The van der Waals surface area contributed by atoms with E-state index in [0.717, 1.165) is 114 Å². The van der Waals surface area contributed by atoms with E-state index < -0.39 is 97.5 Å². The Morgan fingerprint density at radius 3 is 0.763 bits per heavy atom. The van der Waals surface area contributed by atoms with Crippen LogP contribution in [-0.4, -0.2) is 96.7 Å². The average molecular weight is 1370 g/mol. The van der Waals surface area contributed by atoms with Crippen molar-refractivity contribution in [3.8, 4) is 0 Å². The molecule has 0 aromatic heterocycles. The number of aliphatic hydroxyl groups is 1. The molecule has 0 aliphatic heterocycles. The number of hydrogen-bond donors (Lipinski definition) is 3. The van der Waals surface area contributed by atoms with E-state index in [0.29, 0.717) is 31.6 Å². The fourth-order valence-electron chi connectivity index (χ4n) is 11.1. The van der Waals surface area contributed by atoms with Gasteiger partial charge in [-0.2, -0.15) is 0 Å². The van der Waals surface area contributed by atoms with Gasteiger partial charge in [0.05, 0.1) is 26.4 Å². The molecular formula is C74H144O17P2. The number of hydrogen-bond acceptors (Lipinski definition) is 15. The lowest BCUT2D eigenvalue weighted by Crippen LogP contribution is -2.30. The zero-order valence-corrected chi connectivity index (χ0v) is 62.7. The van der Waals surface area contributed by atoms with Crippen LogP contribution in [0.15, 0.2) is 0 Å². The van der Waals surface area contributed by atoms with Gasteiger partial charge in [0.1, 0.15) is 19.3 Å². The summed E-state index contributed by atoms with van der Waals surface area (Å²) in [6.07, 6.45) is 47.2. The molecule has 0 heterocycles. The van der Waals surface area contributed by atoms with E-state index in [-0.39, 0.29) is 25.7 Å². The molecule has 0 rings (SSSR count). The van der Waals surface area contributed by atoms with E-state index in [2.05, 4.69) is 55.4 Å². The van der Waals surface area contributed by atoms with Crippen LogP contribution in [0.1, 0.15) is 370 Å². The summed E-state index contributed by atoms with van der Waals surface area (Å²) in [5.74, 6) is 0.955. The number of carbonyl (C=O) groups excluding carboxylic acids is 4. The molecule has 0 aliphatic rings. The summed E-state index contributed by atoms with van der Waals surface area (Å²) in [5, 5.41) is 10.6. The van der Waals surface area contributed by atoms with Gasteiger partial charge in [0.25, 0.3) is 0 Å². The predicted molar refractivity (Wildman–Crippen MR) is 377 cm³/mol. The second-order valence-corrected chi connectivity index (χ2v) is 31.0. The Kier molecular flexibility index (Phi) is 62.2. The highest BCUT2D eigenvalue weighted by Crippen LogP contribution is 2.45. The van der Waals surface area contributed by atoms with Crippen LogP contribution in [0.25, 0.3) is 0 Å². The Morgan fingerprint density at radius 1 is 0.301 bits per heavy atom. The first kappa shape index (κ1) is 91.1. The van der Waals surface area contributed by atoms with Gasteiger partial charge >= 0.3 is 39.5 Å². The Morgan fingerprint density at radius 2 is 0.516 bits per heavy atom. The number of esters is 4. The Labute approximate surface area is 568 Å². The molecule has 0 bridgehead atoms. The highest BCUT2D eigenvalue weighted by atomic mass is 31.2. The van der Waals surface area contributed by atoms with Crippen molar-refractivity contribution >= 4 is 39.5 Å². The van der Waals surface area contributed by atoms with Crippen molar-refractivity contribution in [2.45, 2.75) is 388 Å². The molecule has 0 aromatic rings. The lowest BCUT2D eigenvalue weighted by molar-refractivity contribution is -0.161. The molecule has 5 unspecified atom stereocenters. The zero-order chi connectivity index (χ0) is 68.9. The fourth-order valence-corrected chi connectivity index (χ4v) is 12.7. The predicted octanol–water partition coefficient (Wildman–Crippen LogP) is 21.3. The number of phosphoric acid groups is 2. The monoisotopic (exact) mass is 1370 g/mol. The minimum Gasteiger partial charge on any atom is -0.462 e. The molecule has 0 saturated carbocycles. The number of unbranched alkanes of at least 4 members (excludes halogenated alkanes) is 35. The first-order valence-corrected chi connectivity index (χ1v) is 41.3. The van der Waals surface area contributed by atoms with E-state index in [1.165, 1.54) is 167 Å². The molecule has 0 amide bonds. The summed E-state index contributed by atoms with van der Waals surface area (Å²) in [7, 11) is -9.91. The molecule has 552 valence electrons. The van der Waals surface area contributed by atoms with Crippen LogP contribution >= 0.6 is 15.6 Å². The largest absolute Gasteiger partial charge is 0.472 e. The number of rotatable bonds is 71. The fraction of sp³-hybridized carbons (Fsp3) is 0.946. The standard InChI is InChI=1S/C74H144O17P2/c1-9-66(7)52-44-36-28-19-15-13-11-12-14-16-21-31-40-48-56-73(78)91-70(61-85-72(77)55-47-39-33-25-27-35-43-51-65(5)6)63-89-93(82,83)87-59-68(75)58-86-92(80,81)88-62-69(60-84-71(76)54-46-38-30-24-23-26-34-42-50-64(3)4)90-74(79)57-49-41-32-22-18-17-20-29-37-45-53-67(8)10-2/h64-70,75H,9-63H2,1-8H3,(H,80,81)(H,82,83)/t66?,67?,68?,69-,70-/m1/s1. The van der Waals surface area contributed by atoms with Crippen LogP contribution in [0.2, 0.25) is 0 Å². The van der Waals surface area contributed by atoms with E-state index in [9.17, 15) is 43.2 Å². The second-order valence-electron chi connectivity index (χ2n) is 28.1. The lowest BCUT2D eigenvalue weighted by atomic mass is 9.99. The van der Waals surface area contributed by atoms with Crippen LogP contribution in [0, 0.1) is 23.7 Å². The van der Waals surface area contributed by atoms with Gasteiger partial charge in [-0.1, -0.05) is 319 Å². The SMILES string of the molecule is CCC(C)CCCCCCCCCCCCCCCCC(=O)O[C@H](COC(=O)CCCCCCCCCC(C)C)COP(=O)(O)OCC(O)COP(=O)(O)OC[C@@H](COC(=O)CCCCCCCCCCC(C)C)OC(=O)CCCCCCCCCCCCC(C)CC. The van der Waals surface area contributed by atoms with E-state index in [1.54, 1.807) is 0 Å². The normalized spacial score (nSPS) is 14.8. The quantitative estimate of drug-likeness (QED) is 0.0222. The molecule has 3 N–H and O–H groups in total. The van der Waals surface area contributed by atoms with Crippen molar-refractivity contribution < 1.29 is 80.2 Å². The van der Waals surface area contributed by atoms with Gasteiger partial charge in [-0.25, -0.2) is 9.13 Å². The third kappa shape index (κ3) is 65.8.